The molecule has 1 aliphatic heterocycles. The van der Waals surface area contributed by atoms with Gasteiger partial charge < -0.3 is 15.1 Å². The first-order valence-electron chi connectivity index (χ1n) is 9.40. The number of carbonyl (C=O) groups excluding carboxylic acids is 1. The number of nitrogens with one attached hydrogen (secondary N) is 1. The van der Waals surface area contributed by atoms with Crippen molar-refractivity contribution in [3.8, 4) is 0 Å². The number of hydrogen-bond acceptors (Lipinski definition) is 5. The second-order valence-electron chi connectivity index (χ2n) is 6.96. The molecule has 3 aromatic rings. The van der Waals surface area contributed by atoms with E-state index >= 15 is 0 Å². The predicted octanol–water partition coefficient (Wildman–Crippen LogP) is 4.82. The summed E-state index contributed by atoms with van der Waals surface area (Å²) in [5, 5.41) is 3.97. The van der Waals surface area contributed by atoms with E-state index in [1.165, 1.54) is 17.2 Å². The minimum Gasteiger partial charge on any atom is -0.370 e. The third kappa shape index (κ3) is 4.25. The van der Waals surface area contributed by atoms with Crippen LogP contribution < -0.4 is 10.2 Å². The minimum atomic E-state index is -0.121. The number of carbonyl (C=O) groups is 1. The fourth-order valence-electron chi connectivity index (χ4n) is 3.28. The average Bonchev–Trinajstić information content (AvgIpc) is 3.12. The SMILES string of the molecule is Cc1cc(N2CCSCC2)ccc1NC(=O)N(C)Cc1nc2ccccc2s1. The molecule has 1 fully saturated rings. The van der Waals surface area contributed by atoms with Gasteiger partial charge in [0.25, 0.3) is 0 Å². The molecule has 1 saturated heterocycles. The lowest BCUT2D eigenvalue weighted by molar-refractivity contribution is 0.220. The van der Waals surface area contributed by atoms with E-state index in [-0.39, 0.29) is 6.03 Å². The van der Waals surface area contributed by atoms with Crippen LogP contribution in [-0.4, -0.2) is 47.6 Å². The number of fused-ring (bicyclic) bond motifs is 1. The Balaban J connectivity index is 1.40. The van der Waals surface area contributed by atoms with Crippen LogP contribution >= 0.6 is 23.1 Å². The highest BCUT2D eigenvalue weighted by Crippen LogP contribution is 2.26. The van der Waals surface area contributed by atoms with Crippen LogP contribution in [0.4, 0.5) is 16.2 Å². The van der Waals surface area contributed by atoms with Gasteiger partial charge in [0.1, 0.15) is 5.01 Å². The molecule has 1 aromatic heterocycles. The van der Waals surface area contributed by atoms with Crippen molar-refractivity contribution in [2.24, 2.45) is 0 Å². The molecule has 0 radical (unpaired) electrons. The number of nitrogens with zero attached hydrogens (tertiary/aromatic N) is 3. The standard InChI is InChI=1S/C21H24N4OS2/c1-15-13-16(25-9-11-27-12-10-25)7-8-17(15)23-21(26)24(2)14-20-22-18-5-3-4-6-19(18)28-20/h3-8,13H,9-12,14H2,1-2H3,(H,23,26). The number of anilines is 2. The van der Waals surface area contributed by atoms with Crippen LogP contribution in [0.25, 0.3) is 10.2 Å². The molecule has 0 unspecified atom stereocenters. The zero-order valence-electron chi connectivity index (χ0n) is 16.1. The molecular weight excluding hydrogens is 388 g/mol. The van der Waals surface area contributed by atoms with E-state index in [1.54, 1.807) is 23.3 Å². The summed E-state index contributed by atoms with van der Waals surface area (Å²) < 4.78 is 1.15. The van der Waals surface area contributed by atoms with Crippen LogP contribution in [0.15, 0.2) is 42.5 Å². The van der Waals surface area contributed by atoms with E-state index in [0.717, 1.165) is 39.6 Å². The molecule has 0 spiro atoms. The summed E-state index contributed by atoms with van der Waals surface area (Å²) in [4.78, 5) is 21.3. The number of thiazole rings is 1. The molecule has 0 bridgehead atoms. The average molecular weight is 413 g/mol. The van der Waals surface area contributed by atoms with Crippen LogP contribution in [0.3, 0.4) is 0 Å². The molecular formula is C21H24N4OS2. The van der Waals surface area contributed by atoms with Crippen molar-refractivity contribution >= 4 is 50.7 Å². The Bertz CT molecular complexity index is 948. The monoisotopic (exact) mass is 412 g/mol. The minimum absolute atomic E-state index is 0.121. The van der Waals surface area contributed by atoms with E-state index < -0.39 is 0 Å². The molecule has 2 amide bonds. The third-order valence-electron chi connectivity index (χ3n) is 4.89. The molecule has 0 saturated carbocycles. The number of urea groups is 1. The quantitative estimate of drug-likeness (QED) is 0.667. The van der Waals surface area contributed by atoms with Gasteiger partial charge in [0.05, 0.1) is 16.8 Å². The molecule has 28 heavy (non-hydrogen) atoms. The summed E-state index contributed by atoms with van der Waals surface area (Å²) in [6.07, 6.45) is 0. The van der Waals surface area contributed by atoms with Gasteiger partial charge in [-0.3, -0.25) is 0 Å². The summed E-state index contributed by atoms with van der Waals surface area (Å²) in [7, 11) is 1.80. The van der Waals surface area contributed by atoms with Crippen LogP contribution in [-0.2, 0) is 6.54 Å². The van der Waals surface area contributed by atoms with Gasteiger partial charge >= 0.3 is 6.03 Å². The lowest BCUT2D eigenvalue weighted by atomic mass is 10.1. The van der Waals surface area contributed by atoms with Crippen LogP contribution in [0.2, 0.25) is 0 Å². The molecule has 4 rings (SSSR count). The number of para-hydroxylation sites is 1. The lowest BCUT2D eigenvalue weighted by Gasteiger charge is -2.29. The number of rotatable bonds is 4. The second-order valence-corrected chi connectivity index (χ2v) is 9.30. The van der Waals surface area contributed by atoms with Gasteiger partial charge in [-0.2, -0.15) is 11.8 Å². The Labute approximate surface area is 173 Å². The highest BCUT2D eigenvalue weighted by Gasteiger charge is 2.15. The maximum absolute atomic E-state index is 12.6. The number of amides is 2. The summed E-state index contributed by atoms with van der Waals surface area (Å²) in [5.74, 6) is 2.35. The normalized spacial score (nSPS) is 14.3. The zero-order valence-corrected chi connectivity index (χ0v) is 17.8. The van der Waals surface area contributed by atoms with Crippen molar-refractivity contribution in [2.75, 3.05) is 41.9 Å². The van der Waals surface area contributed by atoms with Crippen molar-refractivity contribution in [3.63, 3.8) is 0 Å². The molecule has 1 aliphatic rings. The van der Waals surface area contributed by atoms with Gasteiger partial charge in [-0.25, -0.2) is 9.78 Å². The summed E-state index contributed by atoms with van der Waals surface area (Å²) in [6.45, 7) is 4.71. The molecule has 2 heterocycles. The molecule has 0 aliphatic carbocycles. The van der Waals surface area contributed by atoms with Crippen molar-refractivity contribution in [2.45, 2.75) is 13.5 Å². The summed E-state index contributed by atoms with van der Waals surface area (Å²) in [5.41, 5.74) is 4.16. The smallest absolute Gasteiger partial charge is 0.321 e. The zero-order chi connectivity index (χ0) is 19.5. The van der Waals surface area contributed by atoms with Gasteiger partial charge in [0.2, 0.25) is 0 Å². The van der Waals surface area contributed by atoms with Crippen molar-refractivity contribution < 1.29 is 4.79 Å². The van der Waals surface area contributed by atoms with Crippen LogP contribution in [0, 0.1) is 6.92 Å². The third-order valence-corrected chi connectivity index (χ3v) is 6.85. The largest absolute Gasteiger partial charge is 0.370 e. The van der Waals surface area contributed by atoms with Crippen molar-refractivity contribution in [1.29, 1.82) is 0 Å². The maximum Gasteiger partial charge on any atom is 0.321 e. The van der Waals surface area contributed by atoms with Crippen molar-refractivity contribution in [3.05, 3.63) is 53.0 Å². The Morgan fingerprint density at radius 1 is 1.21 bits per heavy atom. The van der Waals surface area contributed by atoms with Gasteiger partial charge in [-0.1, -0.05) is 12.1 Å². The second kappa shape index (κ2) is 8.41. The summed E-state index contributed by atoms with van der Waals surface area (Å²) >= 11 is 3.64. The number of benzene rings is 2. The Morgan fingerprint density at radius 3 is 2.75 bits per heavy atom. The predicted molar refractivity (Wildman–Crippen MR) is 121 cm³/mol. The maximum atomic E-state index is 12.6. The van der Waals surface area contributed by atoms with E-state index in [2.05, 4.69) is 33.4 Å². The van der Waals surface area contributed by atoms with E-state index in [9.17, 15) is 4.79 Å². The fraction of sp³-hybridized carbons (Fsp3) is 0.333. The number of thioether (sulfide) groups is 1. The fourth-order valence-corrected chi connectivity index (χ4v) is 5.20. The van der Waals surface area contributed by atoms with E-state index in [4.69, 9.17) is 0 Å². The highest BCUT2D eigenvalue weighted by atomic mass is 32.2. The van der Waals surface area contributed by atoms with Crippen LogP contribution in [0.5, 0.6) is 0 Å². The lowest BCUT2D eigenvalue weighted by Crippen LogP contribution is -2.32. The first-order valence-corrected chi connectivity index (χ1v) is 11.4. The Morgan fingerprint density at radius 2 is 2.00 bits per heavy atom. The molecule has 1 N–H and O–H groups in total. The first-order chi connectivity index (χ1) is 13.6. The van der Waals surface area contributed by atoms with E-state index in [1.807, 2.05) is 43.0 Å². The molecule has 0 atom stereocenters. The number of aromatic nitrogens is 1. The van der Waals surface area contributed by atoms with Gasteiger partial charge in [0.15, 0.2) is 0 Å². The Kier molecular flexibility index (Phi) is 5.73. The first kappa shape index (κ1) is 19.1. The van der Waals surface area contributed by atoms with Gasteiger partial charge in [-0.05, 0) is 42.8 Å². The van der Waals surface area contributed by atoms with E-state index in [0.29, 0.717) is 6.54 Å². The Hall–Kier alpha value is -2.25. The number of aryl methyl sites for hydroxylation is 1. The molecule has 5 nitrogen and oxygen atoms in total. The van der Waals surface area contributed by atoms with Gasteiger partial charge in [0, 0.05) is 43.0 Å². The van der Waals surface area contributed by atoms with Crippen LogP contribution in [0.1, 0.15) is 10.6 Å². The topological polar surface area (TPSA) is 48.5 Å². The summed E-state index contributed by atoms with van der Waals surface area (Å²) in [6, 6.07) is 14.2. The number of hydrogen-bond donors (Lipinski definition) is 1. The molecule has 2 aromatic carbocycles. The van der Waals surface area contributed by atoms with Crippen molar-refractivity contribution in [1.82, 2.24) is 9.88 Å². The molecule has 7 heteroatoms. The molecule has 146 valence electrons. The van der Waals surface area contributed by atoms with Gasteiger partial charge in [-0.15, -0.1) is 11.3 Å². The highest BCUT2D eigenvalue weighted by molar-refractivity contribution is 7.99.